The molecule has 3 aliphatic rings. The van der Waals surface area contributed by atoms with Crippen LogP contribution in [-0.2, 0) is 4.79 Å². The number of aryl methyl sites for hydroxylation is 1. The molecule has 0 aromatic carbocycles. The standard InChI is InChI=1S/C18H29N5O/c1-13-19-17(21-20-13)16-7-4-10-23(16)18(24)14-8-11-22(12-9-14)15-5-2-3-6-15/h14-16H,2-12H2,1H3,(H,19,20,21)/t16-/m0/s1. The lowest BCUT2D eigenvalue weighted by atomic mass is 9.93. The van der Waals surface area contributed by atoms with Crippen LogP contribution in [0.1, 0.15) is 69.1 Å². The summed E-state index contributed by atoms with van der Waals surface area (Å²) in [6.45, 7) is 4.97. The van der Waals surface area contributed by atoms with Gasteiger partial charge in [0.05, 0.1) is 6.04 Å². The predicted molar refractivity (Wildman–Crippen MR) is 91.4 cm³/mol. The number of amides is 1. The fraction of sp³-hybridized carbons (Fsp3) is 0.833. The van der Waals surface area contributed by atoms with Crippen LogP contribution in [0.5, 0.6) is 0 Å². The third-order valence-electron chi connectivity index (χ3n) is 6.17. The highest BCUT2D eigenvalue weighted by atomic mass is 16.2. The Morgan fingerprint density at radius 3 is 2.46 bits per heavy atom. The molecule has 24 heavy (non-hydrogen) atoms. The topological polar surface area (TPSA) is 65.1 Å². The Labute approximate surface area is 144 Å². The average molecular weight is 331 g/mol. The van der Waals surface area contributed by atoms with E-state index in [1.54, 1.807) is 0 Å². The Balaban J connectivity index is 1.37. The fourth-order valence-corrected chi connectivity index (χ4v) is 4.82. The van der Waals surface area contributed by atoms with E-state index in [0.717, 1.165) is 63.0 Å². The number of hydrogen-bond donors (Lipinski definition) is 1. The van der Waals surface area contributed by atoms with Crippen LogP contribution in [-0.4, -0.2) is 56.6 Å². The number of rotatable bonds is 3. The minimum absolute atomic E-state index is 0.0790. The maximum atomic E-state index is 13.1. The highest BCUT2D eigenvalue weighted by Crippen LogP contribution is 2.34. The second-order valence-corrected chi connectivity index (χ2v) is 7.72. The van der Waals surface area contributed by atoms with E-state index in [-0.39, 0.29) is 12.0 Å². The van der Waals surface area contributed by atoms with Gasteiger partial charge in [0, 0.05) is 18.5 Å². The summed E-state index contributed by atoms with van der Waals surface area (Å²) in [6.07, 6.45) is 9.57. The number of carbonyl (C=O) groups excluding carboxylic acids is 1. The lowest BCUT2D eigenvalue weighted by molar-refractivity contribution is -0.138. The van der Waals surface area contributed by atoms with E-state index in [2.05, 4.69) is 25.0 Å². The van der Waals surface area contributed by atoms with Crippen LogP contribution in [0.3, 0.4) is 0 Å². The van der Waals surface area contributed by atoms with Gasteiger partial charge in [0.15, 0.2) is 5.82 Å². The molecule has 0 unspecified atom stereocenters. The molecule has 0 radical (unpaired) electrons. The first-order valence-electron chi connectivity index (χ1n) is 9.66. The second-order valence-electron chi connectivity index (χ2n) is 7.72. The maximum Gasteiger partial charge on any atom is 0.226 e. The number of nitrogens with one attached hydrogen (secondary N) is 1. The van der Waals surface area contributed by atoms with Gasteiger partial charge in [-0.2, -0.15) is 5.10 Å². The molecule has 0 bridgehead atoms. The lowest BCUT2D eigenvalue weighted by Gasteiger charge is -2.37. The lowest BCUT2D eigenvalue weighted by Crippen LogP contribution is -2.45. The Morgan fingerprint density at radius 1 is 1.04 bits per heavy atom. The summed E-state index contributed by atoms with van der Waals surface area (Å²) in [6, 6.07) is 0.868. The van der Waals surface area contributed by atoms with Gasteiger partial charge in [0.1, 0.15) is 5.82 Å². The summed E-state index contributed by atoms with van der Waals surface area (Å²) in [5.74, 6) is 2.16. The zero-order chi connectivity index (χ0) is 16.5. The predicted octanol–water partition coefficient (Wildman–Crippen LogP) is 2.43. The van der Waals surface area contributed by atoms with Gasteiger partial charge in [-0.3, -0.25) is 9.89 Å². The Morgan fingerprint density at radius 2 is 1.79 bits per heavy atom. The Bertz CT molecular complexity index is 572. The number of hydrogen-bond acceptors (Lipinski definition) is 4. The smallest absolute Gasteiger partial charge is 0.226 e. The van der Waals surface area contributed by atoms with E-state index in [1.807, 2.05) is 6.92 Å². The first-order chi connectivity index (χ1) is 11.7. The summed E-state index contributed by atoms with van der Waals surface area (Å²) in [5, 5.41) is 7.22. The number of carbonyl (C=O) groups is 1. The molecule has 1 amide bonds. The van der Waals surface area contributed by atoms with Gasteiger partial charge in [0.25, 0.3) is 0 Å². The SMILES string of the molecule is Cc1nc([C@@H]2CCCN2C(=O)C2CCN(C3CCCC3)CC2)n[nH]1. The molecule has 1 aromatic heterocycles. The minimum atomic E-state index is 0.0790. The molecule has 1 aliphatic carbocycles. The molecule has 1 saturated carbocycles. The van der Waals surface area contributed by atoms with Gasteiger partial charge in [-0.05, 0) is 58.5 Å². The van der Waals surface area contributed by atoms with Crippen LogP contribution in [0.4, 0.5) is 0 Å². The first-order valence-corrected chi connectivity index (χ1v) is 9.66. The van der Waals surface area contributed by atoms with Crippen molar-refractivity contribution in [1.82, 2.24) is 25.0 Å². The van der Waals surface area contributed by atoms with Gasteiger partial charge in [-0.15, -0.1) is 0 Å². The van der Waals surface area contributed by atoms with E-state index >= 15 is 0 Å². The number of nitrogens with zero attached hydrogens (tertiary/aromatic N) is 4. The van der Waals surface area contributed by atoms with E-state index in [0.29, 0.717) is 5.91 Å². The molecule has 0 spiro atoms. The van der Waals surface area contributed by atoms with Gasteiger partial charge in [-0.1, -0.05) is 12.8 Å². The molecule has 2 aliphatic heterocycles. The van der Waals surface area contributed by atoms with Crippen molar-refractivity contribution >= 4 is 5.91 Å². The van der Waals surface area contributed by atoms with Crippen molar-refractivity contribution in [2.45, 2.75) is 70.4 Å². The zero-order valence-corrected chi connectivity index (χ0v) is 14.7. The molecule has 1 atom stereocenters. The van der Waals surface area contributed by atoms with Crippen molar-refractivity contribution < 1.29 is 4.79 Å². The highest BCUT2D eigenvalue weighted by molar-refractivity contribution is 5.79. The van der Waals surface area contributed by atoms with Gasteiger partial charge >= 0.3 is 0 Å². The van der Waals surface area contributed by atoms with E-state index < -0.39 is 0 Å². The third-order valence-corrected chi connectivity index (χ3v) is 6.17. The van der Waals surface area contributed by atoms with Crippen molar-refractivity contribution in [1.29, 1.82) is 0 Å². The molecule has 4 rings (SSSR count). The van der Waals surface area contributed by atoms with E-state index in [4.69, 9.17) is 0 Å². The number of likely N-dealkylation sites (tertiary alicyclic amines) is 2. The molecule has 2 saturated heterocycles. The first kappa shape index (κ1) is 16.1. The molecule has 132 valence electrons. The van der Waals surface area contributed by atoms with Crippen molar-refractivity contribution in [3.05, 3.63) is 11.6 Å². The van der Waals surface area contributed by atoms with Gasteiger partial charge in [0.2, 0.25) is 5.91 Å². The summed E-state index contributed by atoms with van der Waals surface area (Å²) in [7, 11) is 0. The van der Waals surface area contributed by atoms with E-state index in [1.165, 1.54) is 25.7 Å². The van der Waals surface area contributed by atoms with Crippen molar-refractivity contribution in [2.75, 3.05) is 19.6 Å². The molecule has 3 fully saturated rings. The van der Waals surface area contributed by atoms with Gasteiger partial charge < -0.3 is 9.80 Å². The number of aromatic amines is 1. The molecule has 6 heteroatoms. The second kappa shape index (κ2) is 6.82. The van der Waals surface area contributed by atoms with Crippen LogP contribution in [0.2, 0.25) is 0 Å². The number of aromatic nitrogens is 3. The third kappa shape index (κ3) is 3.08. The zero-order valence-electron chi connectivity index (χ0n) is 14.7. The van der Waals surface area contributed by atoms with Crippen LogP contribution in [0.25, 0.3) is 0 Å². The minimum Gasteiger partial charge on any atom is -0.332 e. The van der Waals surface area contributed by atoms with Crippen molar-refractivity contribution in [3.63, 3.8) is 0 Å². The average Bonchev–Trinajstić information content (AvgIpc) is 3.35. The van der Waals surface area contributed by atoms with Crippen molar-refractivity contribution in [3.8, 4) is 0 Å². The Hall–Kier alpha value is -1.43. The molecule has 3 heterocycles. The molecule has 6 nitrogen and oxygen atoms in total. The van der Waals surface area contributed by atoms with Gasteiger partial charge in [-0.25, -0.2) is 4.98 Å². The molecular formula is C18H29N5O. The number of H-pyrrole nitrogens is 1. The van der Waals surface area contributed by atoms with Crippen molar-refractivity contribution in [2.24, 2.45) is 5.92 Å². The normalized spacial score (nSPS) is 27.2. The maximum absolute atomic E-state index is 13.1. The van der Waals surface area contributed by atoms with Crippen LogP contribution >= 0.6 is 0 Å². The van der Waals surface area contributed by atoms with E-state index in [9.17, 15) is 4.79 Å². The summed E-state index contributed by atoms with van der Waals surface area (Å²) in [5.41, 5.74) is 0. The number of piperidine rings is 1. The summed E-state index contributed by atoms with van der Waals surface area (Å²) in [4.78, 5) is 22.2. The molecular weight excluding hydrogens is 302 g/mol. The summed E-state index contributed by atoms with van der Waals surface area (Å²) < 4.78 is 0. The quantitative estimate of drug-likeness (QED) is 0.924. The molecule has 1 aromatic rings. The Kier molecular flexibility index (Phi) is 4.57. The monoisotopic (exact) mass is 331 g/mol. The molecule has 1 N–H and O–H groups in total. The largest absolute Gasteiger partial charge is 0.332 e. The van der Waals surface area contributed by atoms with Crippen LogP contribution < -0.4 is 0 Å². The highest BCUT2D eigenvalue weighted by Gasteiger charge is 2.38. The summed E-state index contributed by atoms with van der Waals surface area (Å²) >= 11 is 0. The van der Waals surface area contributed by atoms with Crippen LogP contribution in [0.15, 0.2) is 0 Å². The van der Waals surface area contributed by atoms with Crippen LogP contribution in [0, 0.1) is 12.8 Å². The fourth-order valence-electron chi connectivity index (χ4n) is 4.82.